The Kier molecular flexibility index (Phi) is 6.87. The van der Waals surface area contributed by atoms with E-state index in [-0.39, 0.29) is 30.5 Å². The Labute approximate surface area is 146 Å². The van der Waals surface area contributed by atoms with Crippen LogP contribution >= 0.6 is 0 Å². The molecule has 1 aromatic rings. The number of benzene rings is 1. The topological polar surface area (TPSA) is 58.6 Å². The van der Waals surface area contributed by atoms with Crippen molar-refractivity contribution in [2.75, 3.05) is 31.2 Å². The van der Waals surface area contributed by atoms with Crippen LogP contribution in [0.25, 0.3) is 0 Å². The van der Waals surface area contributed by atoms with Gasteiger partial charge in [0.15, 0.2) is 0 Å². The van der Waals surface area contributed by atoms with Gasteiger partial charge >= 0.3 is 0 Å². The smallest absolute Gasteiger partial charge is 0.227 e. The van der Waals surface area contributed by atoms with Crippen LogP contribution in [-0.2, 0) is 14.3 Å². The van der Waals surface area contributed by atoms with Crippen LogP contribution < -0.4 is 10.2 Å². The van der Waals surface area contributed by atoms with Crippen molar-refractivity contribution in [2.24, 2.45) is 11.8 Å². The first-order valence-electron chi connectivity index (χ1n) is 8.49. The quantitative estimate of drug-likeness (QED) is 0.730. The molecule has 0 aromatic heterocycles. The van der Waals surface area contributed by atoms with Gasteiger partial charge in [-0.25, -0.2) is 8.78 Å². The van der Waals surface area contributed by atoms with E-state index in [1.807, 2.05) is 0 Å². The van der Waals surface area contributed by atoms with Crippen molar-refractivity contribution in [1.29, 1.82) is 0 Å². The van der Waals surface area contributed by atoms with Crippen LogP contribution in [0.1, 0.15) is 26.7 Å². The molecule has 1 saturated heterocycles. The van der Waals surface area contributed by atoms with Gasteiger partial charge in [-0.1, -0.05) is 13.8 Å². The predicted octanol–water partition coefficient (Wildman–Crippen LogP) is 2.50. The molecule has 2 amide bonds. The van der Waals surface area contributed by atoms with E-state index in [0.717, 1.165) is 12.1 Å². The summed E-state index contributed by atoms with van der Waals surface area (Å²) in [4.78, 5) is 25.4. The van der Waals surface area contributed by atoms with Gasteiger partial charge in [0, 0.05) is 38.8 Å². The number of rotatable bonds is 8. The fourth-order valence-electron chi connectivity index (χ4n) is 2.67. The number of halogens is 2. The molecule has 7 heteroatoms. The maximum Gasteiger partial charge on any atom is 0.227 e. The van der Waals surface area contributed by atoms with Gasteiger partial charge in [0.05, 0.1) is 11.6 Å². The molecule has 0 bridgehead atoms. The molecular formula is C18H24F2N2O3. The van der Waals surface area contributed by atoms with E-state index in [9.17, 15) is 18.4 Å². The number of carbonyl (C=O) groups is 2. The van der Waals surface area contributed by atoms with E-state index in [1.54, 1.807) is 0 Å². The molecule has 25 heavy (non-hydrogen) atoms. The minimum atomic E-state index is -0.809. The van der Waals surface area contributed by atoms with Crippen LogP contribution in [-0.4, -0.2) is 38.1 Å². The summed E-state index contributed by atoms with van der Waals surface area (Å²) >= 11 is 0. The summed E-state index contributed by atoms with van der Waals surface area (Å²) in [6.07, 6.45) is 0.710. The average Bonchev–Trinajstić information content (AvgIpc) is 2.92. The third-order valence-corrected chi connectivity index (χ3v) is 3.91. The summed E-state index contributed by atoms with van der Waals surface area (Å²) in [6, 6.07) is 3.04. The van der Waals surface area contributed by atoms with Gasteiger partial charge in [-0.3, -0.25) is 9.59 Å². The van der Waals surface area contributed by atoms with E-state index in [2.05, 4.69) is 19.2 Å². The Hall–Kier alpha value is -2.02. The van der Waals surface area contributed by atoms with Crippen molar-refractivity contribution >= 4 is 17.5 Å². The van der Waals surface area contributed by atoms with Crippen molar-refractivity contribution < 1.29 is 23.1 Å². The van der Waals surface area contributed by atoms with Gasteiger partial charge in [0.25, 0.3) is 0 Å². The largest absolute Gasteiger partial charge is 0.381 e. The second kappa shape index (κ2) is 8.89. The van der Waals surface area contributed by atoms with Crippen molar-refractivity contribution in [3.8, 4) is 0 Å². The summed E-state index contributed by atoms with van der Waals surface area (Å²) in [5, 5.41) is 2.78. The van der Waals surface area contributed by atoms with Gasteiger partial charge < -0.3 is 15.0 Å². The third-order valence-electron chi connectivity index (χ3n) is 3.91. The third kappa shape index (κ3) is 5.49. The molecule has 1 N–H and O–H groups in total. The maximum absolute atomic E-state index is 13.8. The highest BCUT2D eigenvalue weighted by atomic mass is 19.1. The lowest BCUT2D eigenvalue weighted by atomic mass is 10.1. The molecule has 1 atom stereocenters. The standard InChI is InChI=1S/C18H24F2N2O3/c1-12(2)11-25-7-3-6-21-18(24)13-8-17(23)22(10-13)16-5-4-14(19)9-15(16)20/h4-5,9,12-13H,3,6-8,10-11H2,1-2H3,(H,21,24). The molecule has 0 radical (unpaired) electrons. The monoisotopic (exact) mass is 354 g/mol. The number of ether oxygens (including phenoxy) is 1. The molecule has 0 spiro atoms. The zero-order valence-electron chi connectivity index (χ0n) is 14.6. The van der Waals surface area contributed by atoms with E-state index in [1.165, 1.54) is 11.0 Å². The second-order valence-electron chi connectivity index (χ2n) is 6.61. The van der Waals surface area contributed by atoms with Gasteiger partial charge in [0.1, 0.15) is 11.6 Å². The number of nitrogens with one attached hydrogen (secondary N) is 1. The summed E-state index contributed by atoms with van der Waals surface area (Å²) in [7, 11) is 0. The molecular weight excluding hydrogens is 330 g/mol. The van der Waals surface area contributed by atoms with Crippen molar-refractivity contribution in [1.82, 2.24) is 5.32 Å². The number of amides is 2. The SMILES string of the molecule is CC(C)COCCCNC(=O)C1CC(=O)N(c2ccc(F)cc2F)C1. The molecule has 1 heterocycles. The lowest BCUT2D eigenvalue weighted by Gasteiger charge is -2.17. The van der Waals surface area contributed by atoms with Crippen molar-refractivity contribution in [3.63, 3.8) is 0 Å². The Morgan fingerprint density at radius 3 is 2.84 bits per heavy atom. The fraction of sp³-hybridized carbons (Fsp3) is 0.556. The zero-order valence-corrected chi connectivity index (χ0v) is 14.6. The molecule has 5 nitrogen and oxygen atoms in total. The fourth-order valence-corrected chi connectivity index (χ4v) is 2.67. The number of hydrogen-bond donors (Lipinski definition) is 1. The molecule has 1 aromatic carbocycles. The maximum atomic E-state index is 13.8. The number of hydrogen-bond acceptors (Lipinski definition) is 3. The lowest BCUT2D eigenvalue weighted by Crippen LogP contribution is -2.34. The van der Waals surface area contributed by atoms with Crippen LogP contribution in [0.5, 0.6) is 0 Å². The highest BCUT2D eigenvalue weighted by molar-refractivity contribution is 6.00. The Morgan fingerprint density at radius 1 is 1.40 bits per heavy atom. The zero-order chi connectivity index (χ0) is 18.4. The highest BCUT2D eigenvalue weighted by Gasteiger charge is 2.36. The van der Waals surface area contributed by atoms with Gasteiger partial charge in [-0.2, -0.15) is 0 Å². The summed E-state index contributed by atoms with van der Waals surface area (Å²) in [6.45, 7) is 5.94. The van der Waals surface area contributed by atoms with Crippen molar-refractivity contribution in [2.45, 2.75) is 26.7 Å². The number of anilines is 1. The van der Waals surface area contributed by atoms with Crippen LogP contribution in [0.4, 0.5) is 14.5 Å². The first kappa shape index (κ1) is 19.3. The molecule has 2 rings (SSSR count). The Morgan fingerprint density at radius 2 is 2.16 bits per heavy atom. The highest BCUT2D eigenvalue weighted by Crippen LogP contribution is 2.27. The lowest BCUT2D eigenvalue weighted by molar-refractivity contribution is -0.126. The van der Waals surface area contributed by atoms with Crippen LogP contribution in [0.3, 0.4) is 0 Å². The minimum Gasteiger partial charge on any atom is -0.381 e. The molecule has 0 saturated carbocycles. The van der Waals surface area contributed by atoms with Gasteiger partial charge in [0.2, 0.25) is 11.8 Å². The van der Waals surface area contributed by atoms with Gasteiger partial charge in [-0.05, 0) is 24.5 Å². The van der Waals surface area contributed by atoms with Crippen LogP contribution in [0, 0.1) is 23.5 Å². The van der Waals surface area contributed by atoms with E-state index in [4.69, 9.17) is 4.74 Å². The van der Waals surface area contributed by atoms with Crippen LogP contribution in [0.15, 0.2) is 18.2 Å². The summed E-state index contributed by atoms with van der Waals surface area (Å²) < 4.78 is 32.3. The van der Waals surface area contributed by atoms with E-state index in [0.29, 0.717) is 32.1 Å². The molecule has 138 valence electrons. The Balaban J connectivity index is 1.80. The molecule has 1 fully saturated rings. The van der Waals surface area contributed by atoms with Crippen molar-refractivity contribution in [3.05, 3.63) is 29.8 Å². The molecule has 1 aliphatic heterocycles. The molecule has 1 aliphatic rings. The Bertz CT molecular complexity index is 622. The first-order valence-corrected chi connectivity index (χ1v) is 8.49. The molecule has 1 unspecified atom stereocenters. The predicted molar refractivity (Wildman–Crippen MR) is 90.1 cm³/mol. The average molecular weight is 354 g/mol. The summed E-state index contributed by atoms with van der Waals surface area (Å²) in [5.41, 5.74) is 0.00351. The second-order valence-corrected chi connectivity index (χ2v) is 6.61. The summed E-state index contributed by atoms with van der Waals surface area (Å²) in [5.74, 6) is -2.16. The van der Waals surface area contributed by atoms with E-state index < -0.39 is 17.6 Å². The number of nitrogens with zero attached hydrogens (tertiary/aromatic N) is 1. The van der Waals surface area contributed by atoms with Gasteiger partial charge in [-0.15, -0.1) is 0 Å². The minimum absolute atomic E-state index is 0.00351. The first-order chi connectivity index (χ1) is 11.9. The molecule has 0 aliphatic carbocycles. The number of carbonyl (C=O) groups excluding carboxylic acids is 2. The van der Waals surface area contributed by atoms with E-state index >= 15 is 0 Å². The normalized spacial score (nSPS) is 17.4. The van der Waals surface area contributed by atoms with Crippen LogP contribution in [0.2, 0.25) is 0 Å².